The molecule has 0 unspecified atom stereocenters. The smallest absolute Gasteiger partial charge is 0.381 e. The lowest BCUT2D eigenvalue weighted by Gasteiger charge is -2.55. The van der Waals surface area contributed by atoms with Gasteiger partial charge in [0, 0.05) is 14.7 Å². The van der Waals surface area contributed by atoms with Crippen molar-refractivity contribution in [2.45, 2.75) is 70.5 Å². The second-order valence-corrected chi connectivity index (χ2v) is 16.0. The van der Waals surface area contributed by atoms with Crippen LogP contribution in [0.1, 0.15) is 44.9 Å². The molecule has 4 aliphatic carbocycles. The fourth-order valence-electron chi connectivity index (χ4n) is 7.24. The Morgan fingerprint density at radius 2 is 1.10 bits per heavy atom. The SMILES string of the molecule is O=C(CC(F)(F)S(=O)(=O)OS(c1ccccc1)(c1ccccc1)c1ccccc1)OC12CC3CC(CC(C3)C1)C2. The Morgan fingerprint density at radius 1 is 0.725 bits per heavy atom. The molecule has 0 aromatic heterocycles. The van der Waals surface area contributed by atoms with E-state index >= 15 is 8.78 Å². The summed E-state index contributed by atoms with van der Waals surface area (Å²) in [7, 11) is -8.79. The molecule has 5 nitrogen and oxygen atoms in total. The van der Waals surface area contributed by atoms with Gasteiger partial charge in [-0.3, -0.25) is 4.79 Å². The third-order valence-corrected chi connectivity index (χ3v) is 13.7. The summed E-state index contributed by atoms with van der Waals surface area (Å²) in [6.45, 7) is 0. The summed E-state index contributed by atoms with van der Waals surface area (Å²) in [6.07, 6.45) is 3.70. The Bertz CT molecular complexity index is 1330. The minimum absolute atomic E-state index is 0.433. The summed E-state index contributed by atoms with van der Waals surface area (Å²) < 4.78 is 69.9. The maximum absolute atomic E-state index is 15.7. The second-order valence-electron chi connectivity index (χ2n) is 11.4. The quantitative estimate of drug-likeness (QED) is 0.240. The van der Waals surface area contributed by atoms with Crippen LogP contribution < -0.4 is 0 Å². The van der Waals surface area contributed by atoms with Gasteiger partial charge in [0.05, 0.1) is 0 Å². The van der Waals surface area contributed by atoms with E-state index in [-0.39, 0.29) is 0 Å². The minimum Gasteiger partial charge on any atom is -0.459 e. The molecule has 0 saturated heterocycles. The summed E-state index contributed by atoms with van der Waals surface area (Å²) in [6, 6.07) is 25.5. The maximum Gasteiger partial charge on any atom is 0.381 e. The van der Waals surface area contributed by atoms with Gasteiger partial charge in [-0.05, 0) is 103 Å². The summed E-state index contributed by atoms with van der Waals surface area (Å²) in [5.74, 6) is 0.134. The van der Waals surface area contributed by atoms with Gasteiger partial charge in [-0.2, -0.15) is 17.2 Å². The first-order chi connectivity index (χ1) is 19.1. The summed E-state index contributed by atoms with van der Waals surface area (Å²) in [5, 5.41) is -4.50. The number of alkyl halides is 2. The van der Waals surface area contributed by atoms with E-state index in [1.54, 1.807) is 91.0 Å². The zero-order chi connectivity index (χ0) is 28.0. The van der Waals surface area contributed by atoms with E-state index in [1.807, 2.05) is 0 Å². The second kappa shape index (κ2) is 10.3. The first kappa shape index (κ1) is 27.4. The summed E-state index contributed by atoms with van der Waals surface area (Å²) in [4.78, 5) is 14.2. The van der Waals surface area contributed by atoms with Crippen LogP contribution in [-0.2, 0) is 23.3 Å². The number of benzene rings is 3. The van der Waals surface area contributed by atoms with Crippen molar-refractivity contribution >= 4 is 26.4 Å². The minimum atomic E-state index is -5.62. The fraction of sp³-hybridized carbons (Fsp3) is 0.387. The average molecular weight is 587 g/mol. The molecule has 0 heterocycles. The molecule has 3 aromatic carbocycles. The van der Waals surface area contributed by atoms with Crippen LogP contribution in [0.4, 0.5) is 8.78 Å². The van der Waals surface area contributed by atoms with E-state index in [9.17, 15) is 13.2 Å². The van der Waals surface area contributed by atoms with Crippen LogP contribution in [0.3, 0.4) is 0 Å². The number of carbonyl (C=O) groups excluding carboxylic acids is 1. The average Bonchev–Trinajstić information content (AvgIpc) is 2.91. The van der Waals surface area contributed by atoms with Crippen molar-refractivity contribution in [3.8, 4) is 0 Å². The van der Waals surface area contributed by atoms with E-state index in [0.29, 0.717) is 51.7 Å². The molecule has 0 aliphatic heterocycles. The molecule has 7 rings (SSSR count). The molecule has 40 heavy (non-hydrogen) atoms. The highest BCUT2D eigenvalue weighted by atomic mass is 32.3. The molecular weight excluding hydrogens is 554 g/mol. The van der Waals surface area contributed by atoms with Crippen molar-refractivity contribution < 1.29 is 30.4 Å². The Balaban J connectivity index is 1.33. The van der Waals surface area contributed by atoms with Gasteiger partial charge < -0.3 is 4.74 Å². The zero-order valence-corrected chi connectivity index (χ0v) is 23.6. The lowest BCUT2D eigenvalue weighted by atomic mass is 9.54. The topological polar surface area (TPSA) is 69.7 Å². The van der Waals surface area contributed by atoms with Gasteiger partial charge in [0.1, 0.15) is 12.0 Å². The van der Waals surface area contributed by atoms with Crippen molar-refractivity contribution in [3.05, 3.63) is 91.0 Å². The lowest BCUT2D eigenvalue weighted by Crippen LogP contribution is -2.53. The van der Waals surface area contributed by atoms with E-state index in [2.05, 4.69) is 0 Å². The number of hydrogen-bond acceptors (Lipinski definition) is 5. The summed E-state index contributed by atoms with van der Waals surface area (Å²) >= 11 is 0. The van der Waals surface area contributed by atoms with Crippen LogP contribution in [0.25, 0.3) is 0 Å². The highest BCUT2D eigenvalue weighted by Gasteiger charge is 2.56. The van der Waals surface area contributed by atoms with Crippen LogP contribution in [-0.4, -0.2) is 25.2 Å². The molecule has 0 radical (unpaired) electrons. The van der Waals surface area contributed by atoms with Crippen molar-refractivity contribution in [2.24, 2.45) is 17.8 Å². The molecule has 0 atom stereocenters. The number of carbonyl (C=O) groups is 1. The number of halogens is 2. The predicted molar refractivity (Wildman–Crippen MR) is 148 cm³/mol. The first-order valence-electron chi connectivity index (χ1n) is 13.6. The molecule has 0 N–H and O–H groups in total. The molecule has 0 amide bonds. The van der Waals surface area contributed by atoms with Gasteiger partial charge in [0.15, 0.2) is 0 Å². The van der Waals surface area contributed by atoms with E-state index in [0.717, 1.165) is 19.3 Å². The highest BCUT2D eigenvalue weighted by molar-refractivity contribution is 8.33. The van der Waals surface area contributed by atoms with Crippen LogP contribution >= 0.6 is 10.3 Å². The van der Waals surface area contributed by atoms with Crippen LogP contribution in [0.2, 0.25) is 0 Å². The number of ether oxygens (including phenoxy) is 1. The molecule has 0 spiro atoms. The number of hydrogen-bond donors (Lipinski definition) is 0. The van der Waals surface area contributed by atoms with Crippen molar-refractivity contribution in [2.75, 3.05) is 0 Å². The van der Waals surface area contributed by atoms with Gasteiger partial charge >= 0.3 is 21.3 Å². The number of rotatable bonds is 9. The van der Waals surface area contributed by atoms with Crippen molar-refractivity contribution in [3.63, 3.8) is 0 Å². The van der Waals surface area contributed by atoms with Crippen molar-refractivity contribution in [1.82, 2.24) is 0 Å². The molecule has 9 heteroatoms. The maximum atomic E-state index is 15.7. The summed E-state index contributed by atoms with van der Waals surface area (Å²) in [5.41, 5.74) is -0.750. The lowest BCUT2D eigenvalue weighted by molar-refractivity contribution is -0.189. The Hall–Kier alpha value is -2.75. The van der Waals surface area contributed by atoms with Crippen molar-refractivity contribution in [1.29, 1.82) is 0 Å². The highest BCUT2D eigenvalue weighted by Crippen LogP contribution is 2.70. The Morgan fingerprint density at radius 3 is 1.48 bits per heavy atom. The normalized spacial score (nSPS) is 26.4. The van der Waals surface area contributed by atoms with Gasteiger partial charge in [-0.25, -0.2) is 3.63 Å². The molecule has 4 bridgehead atoms. The van der Waals surface area contributed by atoms with Crippen LogP contribution in [0, 0.1) is 17.8 Å². The third-order valence-electron chi connectivity index (χ3n) is 8.45. The fourth-order valence-corrected chi connectivity index (χ4v) is 12.4. The Kier molecular flexibility index (Phi) is 7.04. The molecule has 4 aliphatic rings. The largest absolute Gasteiger partial charge is 0.459 e. The van der Waals surface area contributed by atoms with Gasteiger partial charge in [0.25, 0.3) is 0 Å². The third kappa shape index (κ3) is 4.97. The van der Waals surface area contributed by atoms with Gasteiger partial charge in [0.2, 0.25) is 0 Å². The number of esters is 1. The molecule has 212 valence electrons. The molecule has 3 aromatic rings. The zero-order valence-electron chi connectivity index (χ0n) is 22.0. The van der Waals surface area contributed by atoms with E-state index < -0.39 is 43.7 Å². The van der Waals surface area contributed by atoms with E-state index in [1.165, 1.54) is 0 Å². The first-order valence-corrected chi connectivity index (χ1v) is 16.6. The van der Waals surface area contributed by atoms with Crippen LogP contribution in [0.5, 0.6) is 0 Å². The van der Waals surface area contributed by atoms with Crippen LogP contribution in [0.15, 0.2) is 106 Å². The Labute approximate surface area is 235 Å². The van der Waals surface area contributed by atoms with Gasteiger partial charge in [-0.1, -0.05) is 54.6 Å². The van der Waals surface area contributed by atoms with Gasteiger partial charge in [-0.15, -0.1) is 0 Å². The molecule has 4 fully saturated rings. The standard InChI is InChI=1S/C31H32F2O5S2/c32-31(33,22-29(34)37-30-19-23-16-24(20-30)18-25(17-23)21-30)40(35,36)38-39(26-10-4-1-5-11-26,27-12-6-2-7-13-27)28-14-8-3-9-15-28/h1-15,23-25H,16-22H2. The molecule has 4 saturated carbocycles. The monoisotopic (exact) mass is 586 g/mol. The predicted octanol–water partition coefficient (Wildman–Crippen LogP) is 7.72. The molecular formula is C31H32F2O5S2. The van der Waals surface area contributed by atoms with E-state index in [4.69, 9.17) is 8.37 Å².